The van der Waals surface area contributed by atoms with Gasteiger partial charge in [-0.25, -0.2) is 0 Å². The van der Waals surface area contributed by atoms with Crippen LogP contribution in [0, 0.1) is 11.8 Å². The van der Waals surface area contributed by atoms with Gasteiger partial charge in [0, 0.05) is 6.42 Å². The molecular formula is C11H20O2. The van der Waals surface area contributed by atoms with E-state index in [1.807, 2.05) is 6.92 Å². The molecule has 4 atom stereocenters. The normalized spacial score (nSPS) is 54.9. The summed E-state index contributed by atoms with van der Waals surface area (Å²) in [6, 6.07) is 0. The van der Waals surface area contributed by atoms with Crippen molar-refractivity contribution in [2.24, 2.45) is 11.8 Å². The van der Waals surface area contributed by atoms with Crippen LogP contribution in [0.3, 0.4) is 0 Å². The van der Waals surface area contributed by atoms with Gasteiger partial charge in [0.2, 0.25) is 0 Å². The fraction of sp³-hybridized carbons (Fsp3) is 1.00. The van der Waals surface area contributed by atoms with Crippen LogP contribution in [0.25, 0.3) is 0 Å². The zero-order valence-electron chi connectivity index (χ0n) is 9.00. The molecule has 2 saturated heterocycles. The van der Waals surface area contributed by atoms with Gasteiger partial charge in [-0.1, -0.05) is 20.8 Å². The van der Waals surface area contributed by atoms with Gasteiger partial charge in [0.05, 0.1) is 17.3 Å². The van der Waals surface area contributed by atoms with E-state index in [-0.39, 0.29) is 17.3 Å². The number of hydrogen-bond donors (Lipinski definition) is 1. The second kappa shape index (κ2) is 2.48. The minimum Gasteiger partial charge on any atom is -0.390 e. The fourth-order valence-electron chi connectivity index (χ4n) is 3.24. The first-order valence-corrected chi connectivity index (χ1v) is 5.29. The van der Waals surface area contributed by atoms with Crippen LogP contribution in [-0.2, 0) is 4.74 Å². The molecule has 0 radical (unpaired) electrons. The molecule has 0 aromatic heterocycles. The minimum absolute atomic E-state index is 0.0475. The molecule has 2 aliphatic heterocycles. The Hall–Kier alpha value is -0.0800. The third-order valence-electron chi connectivity index (χ3n) is 4.16. The Morgan fingerprint density at radius 3 is 2.31 bits per heavy atom. The van der Waals surface area contributed by atoms with E-state index in [9.17, 15) is 5.11 Å². The van der Waals surface area contributed by atoms with Crippen molar-refractivity contribution in [3.8, 4) is 0 Å². The second-order valence-electron chi connectivity index (χ2n) is 5.35. The summed E-state index contributed by atoms with van der Waals surface area (Å²) in [4.78, 5) is 0. The predicted octanol–water partition coefficient (Wildman–Crippen LogP) is 1.96. The maximum atomic E-state index is 9.89. The van der Waals surface area contributed by atoms with Gasteiger partial charge in [0.15, 0.2) is 0 Å². The average molecular weight is 184 g/mol. The minimum atomic E-state index is -0.260. The zero-order valence-corrected chi connectivity index (χ0v) is 9.00. The number of aliphatic hydroxyl groups excluding tert-OH is 1. The lowest BCUT2D eigenvalue weighted by Gasteiger charge is -2.35. The molecule has 76 valence electrons. The first-order chi connectivity index (χ1) is 5.91. The standard InChI is InChI=1S/C11H20O2/c1-7(2)11-6-9(12)10(4,13-11)5-8(11)3/h7-9,12H,5-6H2,1-4H3/t8-,9-,10+,11-/m0/s1. The molecule has 2 nitrogen and oxygen atoms in total. The van der Waals surface area contributed by atoms with Gasteiger partial charge < -0.3 is 9.84 Å². The van der Waals surface area contributed by atoms with Crippen molar-refractivity contribution in [1.29, 1.82) is 0 Å². The van der Waals surface area contributed by atoms with Crippen molar-refractivity contribution < 1.29 is 9.84 Å². The monoisotopic (exact) mass is 184 g/mol. The van der Waals surface area contributed by atoms with Crippen molar-refractivity contribution in [3.05, 3.63) is 0 Å². The lowest BCUT2D eigenvalue weighted by atomic mass is 9.69. The molecule has 0 aliphatic carbocycles. The van der Waals surface area contributed by atoms with E-state index in [1.54, 1.807) is 0 Å². The Labute approximate surface area is 80.3 Å². The molecule has 2 rings (SSSR count). The van der Waals surface area contributed by atoms with E-state index in [0.29, 0.717) is 11.8 Å². The van der Waals surface area contributed by atoms with E-state index in [1.165, 1.54) is 0 Å². The van der Waals surface area contributed by atoms with Gasteiger partial charge in [0.1, 0.15) is 0 Å². The predicted molar refractivity (Wildman–Crippen MR) is 51.5 cm³/mol. The molecule has 0 aromatic carbocycles. The van der Waals surface area contributed by atoms with Crippen molar-refractivity contribution in [3.63, 3.8) is 0 Å². The molecule has 2 bridgehead atoms. The lowest BCUT2D eigenvalue weighted by Crippen LogP contribution is -2.42. The van der Waals surface area contributed by atoms with Crippen LogP contribution in [0.5, 0.6) is 0 Å². The summed E-state index contributed by atoms with van der Waals surface area (Å²) >= 11 is 0. The molecule has 0 saturated carbocycles. The molecule has 2 fully saturated rings. The zero-order chi connectivity index (χ0) is 9.85. The molecule has 2 heterocycles. The Bertz CT molecular complexity index is 226. The van der Waals surface area contributed by atoms with E-state index in [2.05, 4.69) is 20.8 Å². The Balaban J connectivity index is 2.32. The summed E-state index contributed by atoms with van der Waals surface area (Å²) in [5, 5.41) is 9.89. The first kappa shape index (κ1) is 9.47. The first-order valence-electron chi connectivity index (χ1n) is 5.29. The summed E-state index contributed by atoms with van der Waals surface area (Å²) in [5.74, 6) is 1.09. The van der Waals surface area contributed by atoms with E-state index in [4.69, 9.17) is 4.74 Å². The summed E-state index contributed by atoms with van der Waals surface area (Å²) in [7, 11) is 0. The van der Waals surface area contributed by atoms with Crippen LogP contribution in [0.4, 0.5) is 0 Å². The molecule has 1 N–H and O–H groups in total. The molecule has 0 unspecified atom stereocenters. The van der Waals surface area contributed by atoms with Crippen molar-refractivity contribution in [1.82, 2.24) is 0 Å². The van der Waals surface area contributed by atoms with E-state index < -0.39 is 0 Å². The highest BCUT2D eigenvalue weighted by molar-refractivity contribution is 5.12. The van der Waals surface area contributed by atoms with Crippen LogP contribution in [-0.4, -0.2) is 22.4 Å². The van der Waals surface area contributed by atoms with Gasteiger partial charge in [0.25, 0.3) is 0 Å². The van der Waals surface area contributed by atoms with Gasteiger partial charge in [-0.3, -0.25) is 0 Å². The third kappa shape index (κ3) is 1.02. The van der Waals surface area contributed by atoms with Crippen LogP contribution in [0.2, 0.25) is 0 Å². The number of ether oxygens (including phenoxy) is 1. The van der Waals surface area contributed by atoms with Gasteiger partial charge in [-0.2, -0.15) is 0 Å². The molecule has 2 aliphatic rings. The van der Waals surface area contributed by atoms with Gasteiger partial charge in [-0.05, 0) is 25.2 Å². The van der Waals surface area contributed by atoms with Crippen molar-refractivity contribution in [2.45, 2.75) is 57.8 Å². The highest BCUT2D eigenvalue weighted by Crippen LogP contribution is 2.56. The van der Waals surface area contributed by atoms with E-state index >= 15 is 0 Å². The fourth-order valence-corrected chi connectivity index (χ4v) is 3.24. The van der Waals surface area contributed by atoms with Crippen molar-refractivity contribution >= 4 is 0 Å². The average Bonchev–Trinajstić information content (AvgIpc) is 2.37. The van der Waals surface area contributed by atoms with Crippen LogP contribution in [0.1, 0.15) is 40.5 Å². The molecule has 0 spiro atoms. The second-order valence-corrected chi connectivity index (χ2v) is 5.35. The molecule has 2 heteroatoms. The van der Waals surface area contributed by atoms with Gasteiger partial charge in [-0.15, -0.1) is 0 Å². The number of hydrogen-bond acceptors (Lipinski definition) is 2. The summed E-state index contributed by atoms with van der Waals surface area (Å²) in [5.41, 5.74) is -0.308. The highest BCUT2D eigenvalue weighted by Gasteiger charge is 2.63. The maximum absolute atomic E-state index is 9.89. The molecule has 13 heavy (non-hydrogen) atoms. The lowest BCUT2D eigenvalue weighted by molar-refractivity contribution is -0.0870. The number of rotatable bonds is 1. The van der Waals surface area contributed by atoms with Gasteiger partial charge >= 0.3 is 0 Å². The maximum Gasteiger partial charge on any atom is 0.0924 e. The number of fused-ring (bicyclic) bond motifs is 2. The Morgan fingerprint density at radius 1 is 1.38 bits per heavy atom. The molecule has 0 amide bonds. The summed E-state index contributed by atoms with van der Waals surface area (Å²) in [6.45, 7) is 8.68. The molecular weight excluding hydrogens is 164 g/mol. The number of aliphatic hydroxyl groups is 1. The quantitative estimate of drug-likeness (QED) is 0.675. The van der Waals surface area contributed by atoms with Crippen LogP contribution in [0.15, 0.2) is 0 Å². The smallest absolute Gasteiger partial charge is 0.0924 e. The third-order valence-corrected chi connectivity index (χ3v) is 4.16. The van der Waals surface area contributed by atoms with Crippen LogP contribution < -0.4 is 0 Å². The SMILES string of the molecule is CC(C)[C@@]12C[C@H](O)[C@@](C)(C[C@@H]1C)O2. The Kier molecular flexibility index (Phi) is 1.81. The summed E-state index contributed by atoms with van der Waals surface area (Å²) < 4.78 is 6.08. The van der Waals surface area contributed by atoms with Crippen LogP contribution >= 0.6 is 0 Å². The molecule has 0 aromatic rings. The largest absolute Gasteiger partial charge is 0.390 e. The van der Waals surface area contributed by atoms with Crippen molar-refractivity contribution in [2.75, 3.05) is 0 Å². The summed E-state index contributed by atoms with van der Waals surface area (Å²) in [6.07, 6.45) is 1.57. The highest BCUT2D eigenvalue weighted by atomic mass is 16.6. The Morgan fingerprint density at radius 2 is 2.00 bits per heavy atom. The van der Waals surface area contributed by atoms with E-state index in [0.717, 1.165) is 12.8 Å². The topological polar surface area (TPSA) is 29.5 Å².